The second-order valence-corrected chi connectivity index (χ2v) is 5.60. The Balaban J connectivity index is 1.86. The SMILES string of the molecule is O=c1c2oc3ccccc3c2ncn1Cc1ccc(F)cc1Cl. The highest BCUT2D eigenvalue weighted by molar-refractivity contribution is 6.31. The third-order valence-electron chi connectivity index (χ3n) is 3.71. The zero-order valence-corrected chi connectivity index (χ0v) is 12.5. The monoisotopic (exact) mass is 328 g/mol. The molecule has 4 aromatic rings. The fourth-order valence-electron chi connectivity index (χ4n) is 2.56. The van der Waals surface area contributed by atoms with Gasteiger partial charge in [0.15, 0.2) is 0 Å². The molecular formula is C17H10ClFN2O2. The standard InChI is InChI=1S/C17H10ClFN2O2/c18-13-7-11(19)6-5-10(13)8-21-9-20-15-12-3-1-2-4-14(12)23-16(15)17(21)22/h1-7,9H,8H2. The van der Waals surface area contributed by atoms with Gasteiger partial charge in [-0.2, -0.15) is 0 Å². The van der Waals surface area contributed by atoms with Crippen LogP contribution in [0.4, 0.5) is 4.39 Å². The fraction of sp³-hybridized carbons (Fsp3) is 0.0588. The summed E-state index contributed by atoms with van der Waals surface area (Å²) >= 11 is 6.02. The zero-order chi connectivity index (χ0) is 16.0. The number of hydrogen-bond acceptors (Lipinski definition) is 3. The van der Waals surface area contributed by atoms with Crippen LogP contribution < -0.4 is 5.56 Å². The van der Waals surface area contributed by atoms with E-state index in [2.05, 4.69) is 4.98 Å². The summed E-state index contributed by atoms with van der Waals surface area (Å²) in [6.07, 6.45) is 1.45. The van der Waals surface area contributed by atoms with E-state index < -0.39 is 5.82 Å². The minimum absolute atomic E-state index is 0.192. The van der Waals surface area contributed by atoms with Gasteiger partial charge in [-0.15, -0.1) is 0 Å². The maximum Gasteiger partial charge on any atom is 0.297 e. The summed E-state index contributed by atoms with van der Waals surface area (Å²) in [6, 6.07) is 11.4. The van der Waals surface area contributed by atoms with Crippen molar-refractivity contribution >= 4 is 33.7 Å². The molecule has 0 aliphatic heterocycles. The molecule has 0 radical (unpaired) electrons. The van der Waals surface area contributed by atoms with Gasteiger partial charge < -0.3 is 4.42 Å². The van der Waals surface area contributed by atoms with E-state index in [1.807, 2.05) is 18.2 Å². The second-order valence-electron chi connectivity index (χ2n) is 5.19. The van der Waals surface area contributed by atoms with Crippen LogP contribution >= 0.6 is 11.6 Å². The van der Waals surface area contributed by atoms with E-state index in [0.29, 0.717) is 16.7 Å². The lowest BCUT2D eigenvalue weighted by Gasteiger charge is -2.07. The van der Waals surface area contributed by atoms with Crippen LogP contribution in [0.5, 0.6) is 0 Å². The number of aromatic nitrogens is 2. The summed E-state index contributed by atoms with van der Waals surface area (Å²) in [5.41, 5.74) is 1.68. The van der Waals surface area contributed by atoms with E-state index in [-0.39, 0.29) is 22.7 Å². The normalized spacial score (nSPS) is 11.4. The molecule has 0 aliphatic rings. The number of furan rings is 1. The van der Waals surface area contributed by atoms with E-state index in [1.54, 1.807) is 12.1 Å². The first-order valence-corrected chi connectivity index (χ1v) is 7.32. The average molecular weight is 329 g/mol. The number of nitrogens with zero attached hydrogens (tertiary/aromatic N) is 2. The van der Waals surface area contributed by atoms with E-state index in [0.717, 1.165) is 5.39 Å². The van der Waals surface area contributed by atoms with Crippen LogP contribution in [0.1, 0.15) is 5.56 Å². The number of halogens is 2. The maximum absolute atomic E-state index is 13.1. The Labute approximate surface area is 134 Å². The number of rotatable bonds is 2. The molecule has 0 bridgehead atoms. The van der Waals surface area contributed by atoms with Crippen molar-refractivity contribution < 1.29 is 8.81 Å². The topological polar surface area (TPSA) is 48.0 Å². The fourth-order valence-corrected chi connectivity index (χ4v) is 2.79. The maximum atomic E-state index is 13.1. The van der Waals surface area contributed by atoms with E-state index in [9.17, 15) is 9.18 Å². The predicted molar refractivity (Wildman–Crippen MR) is 86.3 cm³/mol. The molecule has 114 valence electrons. The number of benzene rings is 2. The number of para-hydroxylation sites is 1. The molecular weight excluding hydrogens is 319 g/mol. The van der Waals surface area contributed by atoms with E-state index >= 15 is 0 Å². The van der Waals surface area contributed by atoms with Crippen molar-refractivity contribution in [1.82, 2.24) is 9.55 Å². The van der Waals surface area contributed by atoms with Gasteiger partial charge in [0.25, 0.3) is 5.56 Å². The van der Waals surface area contributed by atoms with Crippen molar-refractivity contribution in [2.75, 3.05) is 0 Å². The number of fused-ring (bicyclic) bond motifs is 3. The summed E-state index contributed by atoms with van der Waals surface area (Å²) in [7, 11) is 0. The quantitative estimate of drug-likeness (QED) is 0.559. The Morgan fingerprint density at radius 2 is 2.04 bits per heavy atom. The largest absolute Gasteiger partial charge is 0.448 e. The molecule has 0 atom stereocenters. The van der Waals surface area contributed by atoms with E-state index in [1.165, 1.54) is 23.0 Å². The Morgan fingerprint density at radius 1 is 1.22 bits per heavy atom. The van der Waals surface area contributed by atoms with Crippen LogP contribution in [-0.4, -0.2) is 9.55 Å². The van der Waals surface area contributed by atoms with Crippen molar-refractivity contribution in [3.05, 3.63) is 75.5 Å². The van der Waals surface area contributed by atoms with Gasteiger partial charge in [-0.1, -0.05) is 29.8 Å². The lowest BCUT2D eigenvalue weighted by Crippen LogP contribution is -2.20. The Bertz CT molecular complexity index is 1100. The van der Waals surface area contributed by atoms with Crippen molar-refractivity contribution in [2.45, 2.75) is 6.54 Å². The summed E-state index contributed by atoms with van der Waals surface area (Å²) in [4.78, 5) is 16.9. The third-order valence-corrected chi connectivity index (χ3v) is 4.06. The summed E-state index contributed by atoms with van der Waals surface area (Å²) in [6.45, 7) is 0.192. The molecule has 0 aliphatic carbocycles. The molecule has 2 heterocycles. The van der Waals surface area contributed by atoms with Gasteiger partial charge in [-0.3, -0.25) is 9.36 Å². The van der Waals surface area contributed by atoms with Gasteiger partial charge in [-0.25, -0.2) is 9.37 Å². The molecule has 0 amide bonds. The van der Waals surface area contributed by atoms with Crippen LogP contribution in [0, 0.1) is 5.82 Å². The summed E-state index contributed by atoms with van der Waals surface area (Å²) in [5, 5.41) is 1.06. The van der Waals surface area contributed by atoms with Gasteiger partial charge in [0.1, 0.15) is 16.9 Å². The third kappa shape index (κ3) is 2.29. The molecule has 23 heavy (non-hydrogen) atoms. The Morgan fingerprint density at radius 3 is 2.87 bits per heavy atom. The van der Waals surface area contributed by atoms with Crippen LogP contribution in [0.3, 0.4) is 0 Å². The predicted octanol–water partition coefficient (Wildman–Crippen LogP) is 3.98. The Kier molecular flexibility index (Phi) is 3.16. The average Bonchev–Trinajstić information content (AvgIpc) is 2.92. The van der Waals surface area contributed by atoms with Crippen molar-refractivity contribution in [3.63, 3.8) is 0 Å². The molecule has 0 fully saturated rings. The molecule has 0 unspecified atom stereocenters. The van der Waals surface area contributed by atoms with Gasteiger partial charge in [0.05, 0.1) is 12.9 Å². The lowest BCUT2D eigenvalue weighted by atomic mass is 10.2. The first kappa shape index (κ1) is 14.0. The summed E-state index contributed by atoms with van der Waals surface area (Å²) < 4.78 is 20.1. The molecule has 0 saturated carbocycles. The molecule has 2 aromatic carbocycles. The van der Waals surface area contributed by atoms with E-state index in [4.69, 9.17) is 16.0 Å². The van der Waals surface area contributed by atoms with Crippen LogP contribution in [0.2, 0.25) is 5.02 Å². The molecule has 4 nitrogen and oxygen atoms in total. The highest BCUT2D eigenvalue weighted by Gasteiger charge is 2.13. The minimum atomic E-state index is -0.419. The first-order chi connectivity index (χ1) is 11.1. The Hall–Kier alpha value is -2.66. The molecule has 0 spiro atoms. The van der Waals surface area contributed by atoms with Crippen molar-refractivity contribution in [3.8, 4) is 0 Å². The van der Waals surface area contributed by atoms with Gasteiger partial charge >= 0.3 is 0 Å². The van der Waals surface area contributed by atoms with Crippen LogP contribution in [0.25, 0.3) is 22.1 Å². The molecule has 0 N–H and O–H groups in total. The molecule has 6 heteroatoms. The second kappa shape index (κ2) is 5.21. The van der Waals surface area contributed by atoms with Gasteiger partial charge in [-0.05, 0) is 29.8 Å². The van der Waals surface area contributed by atoms with Crippen molar-refractivity contribution in [2.24, 2.45) is 0 Å². The van der Waals surface area contributed by atoms with Crippen LogP contribution in [0.15, 0.2) is 58.0 Å². The lowest BCUT2D eigenvalue weighted by molar-refractivity contribution is 0.624. The molecule has 4 rings (SSSR count). The smallest absolute Gasteiger partial charge is 0.297 e. The number of hydrogen-bond donors (Lipinski definition) is 0. The summed E-state index contributed by atoms with van der Waals surface area (Å²) in [5.74, 6) is -0.419. The van der Waals surface area contributed by atoms with Gasteiger partial charge in [0, 0.05) is 10.4 Å². The van der Waals surface area contributed by atoms with Gasteiger partial charge in [0.2, 0.25) is 5.58 Å². The highest BCUT2D eigenvalue weighted by atomic mass is 35.5. The molecule has 0 saturated heterocycles. The zero-order valence-electron chi connectivity index (χ0n) is 11.8. The molecule has 2 aromatic heterocycles. The first-order valence-electron chi connectivity index (χ1n) is 6.94. The van der Waals surface area contributed by atoms with Crippen molar-refractivity contribution in [1.29, 1.82) is 0 Å². The highest BCUT2D eigenvalue weighted by Crippen LogP contribution is 2.24. The minimum Gasteiger partial charge on any atom is -0.448 e. The van der Waals surface area contributed by atoms with Crippen LogP contribution in [-0.2, 0) is 6.54 Å².